The normalized spacial score (nSPS) is 17.2. The number of imidazole rings is 1. The molecule has 1 aromatic carbocycles. The average molecular weight is 343 g/mol. The van der Waals surface area contributed by atoms with Crippen LogP contribution in [-0.4, -0.2) is 52.3 Å². The molecule has 1 fully saturated rings. The van der Waals surface area contributed by atoms with Crippen molar-refractivity contribution in [3.8, 4) is 0 Å². The molecule has 0 bridgehead atoms. The Labute approximate surface area is 145 Å². The number of morpholine rings is 1. The predicted octanol–water partition coefficient (Wildman–Crippen LogP) is 2.58. The van der Waals surface area contributed by atoms with Crippen LogP contribution in [0.15, 0.2) is 36.5 Å². The van der Waals surface area contributed by atoms with Crippen LogP contribution in [0, 0.1) is 6.92 Å². The van der Waals surface area contributed by atoms with Crippen LogP contribution in [0.4, 0.5) is 5.13 Å². The van der Waals surface area contributed by atoms with E-state index in [2.05, 4.69) is 50.6 Å². The first kappa shape index (κ1) is 15.6. The van der Waals surface area contributed by atoms with Crippen LogP contribution in [0.2, 0.25) is 0 Å². The highest BCUT2D eigenvalue weighted by Gasteiger charge is 2.19. The fourth-order valence-electron chi connectivity index (χ4n) is 2.98. The maximum absolute atomic E-state index is 5.46. The topological polar surface area (TPSA) is 54.7 Å². The molecule has 1 atom stereocenters. The largest absolute Gasteiger partial charge is 0.379 e. The molecule has 0 radical (unpaired) electrons. The lowest BCUT2D eigenvalue weighted by Crippen LogP contribution is -2.40. The SMILES string of the molecule is Cc1cn2nc(NC(CN3CCOCC3)c3ccccc3)sc2n1. The number of anilines is 1. The van der Waals surface area contributed by atoms with E-state index in [4.69, 9.17) is 4.74 Å². The Kier molecular flexibility index (Phi) is 4.46. The van der Waals surface area contributed by atoms with E-state index in [0.29, 0.717) is 0 Å². The van der Waals surface area contributed by atoms with Gasteiger partial charge in [0.05, 0.1) is 31.1 Å². The van der Waals surface area contributed by atoms with E-state index in [0.717, 1.165) is 48.6 Å². The summed E-state index contributed by atoms with van der Waals surface area (Å²) in [4.78, 5) is 7.85. The number of aromatic nitrogens is 3. The Balaban J connectivity index is 1.55. The quantitative estimate of drug-likeness (QED) is 0.772. The zero-order valence-corrected chi connectivity index (χ0v) is 14.5. The minimum absolute atomic E-state index is 0.196. The summed E-state index contributed by atoms with van der Waals surface area (Å²) in [7, 11) is 0. The maximum atomic E-state index is 5.46. The van der Waals surface area contributed by atoms with Crippen LogP contribution in [0.1, 0.15) is 17.3 Å². The molecular formula is C17H21N5OS. The summed E-state index contributed by atoms with van der Waals surface area (Å²) in [6.07, 6.45) is 1.95. The van der Waals surface area contributed by atoms with Crippen molar-refractivity contribution < 1.29 is 4.74 Å². The molecule has 4 rings (SSSR count). The first-order valence-electron chi connectivity index (χ1n) is 8.22. The molecule has 0 saturated carbocycles. The van der Waals surface area contributed by atoms with Gasteiger partial charge in [0, 0.05) is 19.6 Å². The van der Waals surface area contributed by atoms with Gasteiger partial charge in [0.15, 0.2) is 0 Å². The van der Waals surface area contributed by atoms with Crippen LogP contribution in [0.5, 0.6) is 0 Å². The summed E-state index contributed by atoms with van der Waals surface area (Å²) in [5, 5.41) is 9.11. The third-order valence-electron chi connectivity index (χ3n) is 4.21. The number of benzene rings is 1. The van der Waals surface area contributed by atoms with E-state index >= 15 is 0 Å². The number of rotatable bonds is 5. The van der Waals surface area contributed by atoms with Gasteiger partial charge < -0.3 is 10.1 Å². The average Bonchev–Trinajstić information content (AvgIpc) is 3.12. The zero-order chi connectivity index (χ0) is 16.4. The minimum Gasteiger partial charge on any atom is -0.379 e. The minimum atomic E-state index is 0.196. The number of ether oxygens (including phenoxy) is 1. The van der Waals surface area contributed by atoms with Crippen LogP contribution in [0.25, 0.3) is 4.96 Å². The van der Waals surface area contributed by atoms with E-state index in [1.165, 1.54) is 5.56 Å². The van der Waals surface area contributed by atoms with Gasteiger partial charge in [-0.1, -0.05) is 41.7 Å². The summed E-state index contributed by atoms with van der Waals surface area (Å²) < 4.78 is 7.31. The van der Waals surface area contributed by atoms with Crippen molar-refractivity contribution in [3.63, 3.8) is 0 Å². The van der Waals surface area contributed by atoms with Gasteiger partial charge in [-0.15, -0.1) is 5.10 Å². The summed E-state index contributed by atoms with van der Waals surface area (Å²) in [6.45, 7) is 6.50. The number of nitrogens with one attached hydrogen (secondary N) is 1. The monoisotopic (exact) mass is 343 g/mol. The molecular weight excluding hydrogens is 322 g/mol. The van der Waals surface area contributed by atoms with Crippen molar-refractivity contribution in [2.45, 2.75) is 13.0 Å². The Hall–Kier alpha value is -1.96. The van der Waals surface area contributed by atoms with Crippen LogP contribution < -0.4 is 5.32 Å². The molecule has 1 aliphatic rings. The summed E-state index contributed by atoms with van der Waals surface area (Å²) in [6, 6.07) is 10.8. The Morgan fingerprint density at radius 1 is 1.25 bits per heavy atom. The molecule has 0 spiro atoms. The molecule has 2 aromatic heterocycles. The smallest absolute Gasteiger partial charge is 0.214 e. The third-order valence-corrected chi connectivity index (χ3v) is 5.06. The molecule has 24 heavy (non-hydrogen) atoms. The van der Waals surface area contributed by atoms with Gasteiger partial charge in [-0.25, -0.2) is 9.50 Å². The van der Waals surface area contributed by atoms with Gasteiger partial charge in [0.1, 0.15) is 0 Å². The van der Waals surface area contributed by atoms with Gasteiger partial charge in [-0.05, 0) is 12.5 Å². The second-order valence-electron chi connectivity index (χ2n) is 6.04. The first-order chi connectivity index (χ1) is 11.8. The molecule has 0 amide bonds. The van der Waals surface area contributed by atoms with Crippen molar-refractivity contribution in [1.29, 1.82) is 0 Å². The predicted molar refractivity (Wildman–Crippen MR) is 95.7 cm³/mol. The molecule has 3 aromatic rings. The highest BCUT2D eigenvalue weighted by Crippen LogP contribution is 2.25. The lowest BCUT2D eigenvalue weighted by Gasteiger charge is -2.31. The van der Waals surface area contributed by atoms with Crippen LogP contribution in [0.3, 0.4) is 0 Å². The lowest BCUT2D eigenvalue weighted by atomic mass is 10.1. The van der Waals surface area contributed by atoms with E-state index < -0.39 is 0 Å². The number of fused-ring (bicyclic) bond motifs is 1. The number of aryl methyl sites for hydroxylation is 1. The molecule has 126 valence electrons. The molecule has 3 heterocycles. The van der Waals surface area contributed by atoms with Crippen LogP contribution >= 0.6 is 11.3 Å². The molecule has 7 heteroatoms. The van der Waals surface area contributed by atoms with Crippen molar-refractivity contribution in [1.82, 2.24) is 19.5 Å². The Morgan fingerprint density at radius 3 is 2.79 bits per heavy atom. The van der Waals surface area contributed by atoms with E-state index in [9.17, 15) is 0 Å². The van der Waals surface area contributed by atoms with Gasteiger partial charge in [0.25, 0.3) is 0 Å². The van der Waals surface area contributed by atoms with Crippen molar-refractivity contribution in [2.75, 3.05) is 38.2 Å². The van der Waals surface area contributed by atoms with E-state index in [-0.39, 0.29) is 6.04 Å². The number of hydrogen-bond donors (Lipinski definition) is 1. The standard InChI is InChI=1S/C17H21N5OS/c1-13-11-22-17(18-13)24-16(20-22)19-15(14-5-3-2-4-6-14)12-21-7-9-23-10-8-21/h2-6,11,15H,7-10,12H2,1H3,(H,19,20). The summed E-state index contributed by atoms with van der Waals surface area (Å²) in [5.41, 5.74) is 2.27. The molecule has 6 nitrogen and oxygen atoms in total. The van der Waals surface area contributed by atoms with Crippen molar-refractivity contribution >= 4 is 21.4 Å². The Morgan fingerprint density at radius 2 is 2.04 bits per heavy atom. The second kappa shape index (κ2) is 6.88. The van der Waals surface area contributed by atoms with Gasteiger partial charge in [0.2, 0.25) is 10.1 Å². The van der Waals surface area contributed by atoms with Crippen LogP contribution in [-0.2, 0) is 4.74 Å². The summed E-state index contributed by atoms with van der Waals surface area (Å²) in [5.74, 6) is 0. The fourth-order valence-corrected chi connectivity index (χ4v) is 3.86. The number of hydrogen-bond acceptors (Lipinski definition) is 6. The molecule has 1 saturated heterocycles. The van der Waals surface area contributed by atoms with Gasteiger partial charge >= 0.3 is 0 Å². The zero-order valence-electron chi connectivity index (χ0n) is 13.7. The maximum Gasteiger partial charge on any atom is 0.214 e. The molecule has 0 aliphatic carbocycles. The molecule has 1 N–H and O–H groups in total. The summed E-state index contributed by atoms with van der Waals surface area (Å²) >= 11 is 1.59. The third kappa shape index (κ3) is 3.43. The Bertz CT molecular complexity index is 762. The highest BCUT2D eigenvalue weighted by atomic mass is 32.1. The van der Waals surface area contributed by atoms with Gasteiger partial charge in [-0.3, -0.25) is 4.90 Å². The lowest BCUT2D eigenvalue weighted by molar-refractivity contribution is 0.0361. The van der Waals surface area contributed by atoms with Crippen molar-refractivity contribution in [3.05, 3.63) is 47.8 Å². The molecule has 1 unspecified atom stereocenters. The second-order valence-corrected chi connectivity index (χ2v) is 6.99. The number of nitrogens with zero attached hydrogens (tertiary/aromatic N) is 4. The van der Waals surface area contributed by atoms with Gasteiger partial charge in [-0.2, -0.15) is 0 Å². The molecule has 1 aliphatic heterocycles. The first-order valence-corrected chi connectivity index (χ1v) is 9.04. The fraction of sp³-hybridized carbons (Fsp3) is 0.412. The van der Waals surface area contributed by atoms with Crippen molar-refractivity contribution in [2.24, 2.45) is 0 Å². The van der Waals surface area contributed by atoms with E-state index in [1.807, 2.05) is 17.6 Å². The highest BCUT2D eigenvalue weighted by molar-refractivity contribution is 7.20. The van der Waals surface area contributed by atoms with E-state index in [1.54, 1.807) is 11.3 Å².